The van der Waals surface area contributed by atoms with Gasteiger partial charge in [0.25, 0.3) is 0 Å². The molecule has 3 fully saturated rings. The van der Waals surface area contributed by atoms with Gasteiger partial charge in [0.05, 0.1) is 55.9 Å². The Bertz CT molecular complexity index is 799. The van der Waals surface area contributed by atoms with Crippen LogP contribution >= 0.6 is 22.7 Å². The summed E-state index contributed by atoms with van der Waals surface area (Å²) >= 11 is 2.73. The number of fused-ring (bicyclic) bond motifs is 3. The molecule has 0 radical (unpaired) electrons. The van der Waals surface area contributed by atoms with Crippen LogP contribution in [-0.2, 0) is 24.6 Å². The predicted octanol–water partition coefficient (Wildman–Crippen LogP) is 2.22. The van der Waals surface area contributed by atoms with E-state index in [2.05, 4.69) is 0 Å². The van der Waals surface area contributed by atoms with E-state index in [1.165, 1.54) is 22.7 Å². The minimum atomic E-state index is -1.75. The number of rotatable bonds is 12. The third-order valence-corrected chi connectivity index (χ3v) is 8.63. The van der Waals surface area contributed by atoms with Gasteiger partial charge in [0.1, 0.15) is 13.1 Å². The van der Waals surface area contributed by atoms with E-state index in [1.54, 1.807) is 12.1 Å². The summed E-state index contributed by atoms with van der Waals surface area (Å²) in [6.07, 6.45) is 1.85. The SMILES string of the molecule is O=C(O[C@@H]1C[N+]2(CCOCCOCCO)CCC1CC2)C(O)(c1cccs1)c1cccs1. The van der Waals surface area contributed by atoms with Gasteiger partial charge >= 0.3 is 5.97 Å². The van der Waals surface area contributed by atoms with Crippen LogP contribution in [0.1, 0.15) is 22.6 Å². The molecule has 0 spiro atoms. The average molecular weight is 483 g/mol. The highest BCUT2D eigenvalue weighted by Crippen LogP contribution is 2.40. The number of ether oxygens (including phenoxy) is 3. The largest absolute Gasteiger partial charge is 0.453 e. The molecule has 2 bridgehead atoms. The molecule has 2 aromatic rings. The second kappa shape index (κ2) is 10.7. The number of thiophene rings is 2. The molecule has 1 atom stereocenters. The molecule has 9 heteroatoms. The van der Waals surface area contributed by atoms with Crippen molar-refractivity contribution in [2.45, 2.75) is 24.5 Å². The van der Waals surface area contributed by atoms with Gasteiger partial charge in [-0.3, -0.25) is 0 Å². The highest BCUT2D eigenvalue weighted by Gasteiger charge is 2.51. The fraction of sp³-hybridized carbons (Fsp3) is 0.609. The van der Waals surface area contributed by atoms with Crippen LogP contribution in [0.25, 0.3) is 0 Å². The number of aliphatic hydroxyl groups excluding tert-OH is 1. The van der Waals surface area contributed by atoms with Gasteiger partial charge in [0, 0.05) is 18.8 Å². The number of hydrogen-bond acceptors (Lipinski definition) is 8. The molecule has 5 rings (SSSR count). The van der Waals surface area contributed by atoms with Crippen LogP contribution in [0, 0.1) is 5.92 Å². The maximum atomic E-state index is 13.4. The van der Waals surface area contributed by atoms with Crippen LogP contribution in [0.2, 0.25) is 0 Å². The van der Waals surface area contributed by atoms with Crippen LogP contribution < -0.4 is 0 Å². The zero-order valence-corrected chi connectivity index (χ0v) is 19.8. The van der Waals surface area contributed by atoms with E-state index in [-0.39, 0.29) is 12.7 Å². The number of aliphatic hydroxyl groups is 2. The monoisotopic (exact) mass is 482 g/mol. The molecule has 3 saturated heterocycles. The van der Waals surface area contributed by atoms with Crippen LogP contribution in [0.15, 0.2) is 35.0 Å². The van der Waals surface area contributed by atoms with Gasteiger partial charge in [0.2, 0.25) is 5.60 Å². The zero-order valence-electron chi connectivity index (χ0n) is 18.2. The molecule has 7 nitrogen and oxygen atoms in total. The summed E-state index contributed by atoms with van der Waals surface area (Å²) in [4.78, 5) is 14.6. The van der Waals surface area contributed by atoms with Crippen molar-refractivity contribution in [3.63, 3.8) is 0 Å². The van der Waals surface area contributed by atoms with E-state index in [4.69, 9.17) is 19.3 Å². The summed E-state index contributed by atoms with van der Waals surface area (Å²) in [5.41, 5.74) is -1.75. The zero-order chi connectivity index (χ0) is 22.4. The molecule has 2 aromatic heterocycles. The Morgan fingerprint density at radius 2 is 1.66 bits per heavy atom. The fourth-order valence-corrected chi connectivity index (χ4v) is 6.54. The van der Waals surface area contributed by atoms with Gasteiger partial charge < -0.3 is 28.9 Å². The molecule has 0 amide bonds. The molecule has 3 aliphatic heterocycles. The molecule has 0 saturated carbocycles. The molecule has 0 unspecified atom stereocenters. The summed E-state index contributed by atoms with van der Waals surface area (Å²) in [5, 5.41) is 24.0. The van der Waals surface area contributed by atoms with E-state index in [9.17, 15) is 9.90 Å². The lowest BCUT2D eigenvalue weighted by Gasteiger charge is -2.52. The van der Waals surface area contributed by atoms with Crippen molar-refractivity contribution in [2.75, 3.05) is 59.2 Å². The predicted molar refractivity (Wildman–Crippen MR) is 123 cm³/mol. The first-order valence-corrected chi connectivity index (χ1v) is 13.0. The maximum Gasteiger partial charge on any atom is 0.349 e. The van der Waals surface area contributed by atoms with Crippen molar-refractivity contribution in [3.8, 4) is 0 Å². The number of hydrogen-bond donors (Lipinski definition) is 2. The number of esters is 1. The lowest BCUT2D eigenvalue weighted by Crippen LogP contribution is -2.65. The van der Waals surface area contributed by atoms with Gasteiger partial charge in [-0.2, -0.15) is 0 Å². The van der Waals surface area contributed by atoms with Crippen molar-refractivity contribution in [1.82, 2.24) is 0 Å². The fourth-order valence-electron chi connectivity index (χ4n) is 4.83. The van der Waals surface area contributed by atoms with Gasteiger partial charge in [-0.15, -0.1) is 22.7 Å². The molecule has 32 heavy (non-hydrogen) atoms. The molecule has 0 aromatic carbocycles. The van der Waals surface area contributed by atoms with Crippen LogP contribution in [-0.4, -0.2) is 86.0 Å². The summed E-state index contributed by atoms with van der Waals surface area (Å²) in [6.45, 7) is 5.76. The van der Waals surface area contributed by atoms with Crippen LogP contribution in [0.3, 0.4) is 0 Å². The summed E-state index contributed by atoms with van der Waals surface area (Å²) < 4.78 is 17.9. The Hall–Kier alpha value is -1.33. The van der Waals surface area contributed by atoms with E-state index in [0.717, 1.165) is 43.5 Å². The van der Waals surface area contributed by atoms with E-state index < -0.39 is 11.6 Å². The minimum absolute atomic E-state index is 0.0232. The van der Waals surface area contributed by atoms with Crippen molar-refractivity contribution >= 4 is 28.6 Å². The second-order valence-electron chi connectivity index (χ2n) is 8.59. The lowest BCUT2D eigenvalue weighted by molar-refractivity contribution is -0.946. The smallest absolute Gasteiger partial charge is 0.349 e. The Morgan fingerprint density at radius 3 is 2.22 bits per heavy atom. The first-order valence-electron chi connectivity index (χ1n) is 11.2. The second-order valence-corrected chi connectivity index (χ2v) is 10.5. The first kappa shape index (κ1) is 23.8. The maximum absolute atomic E-state index is 13.4. The number of piperidine rings is 3. The van der Waals surface area contributed by atoms with E-state index in [0.29, 0.717) is 42.1 Å². The average Bonchev–Trinajstić information content (AvgIpc) is 3.54. The number of carbonyl (C=O) groups is 1. The normalized spacial score (nSPS) is 25.2. The van der Waals surface area contributed by atoms with E-state index >= 15 is 0 Å². The van der Waals surface area contributed by atoms with Gasteiger partial charge in [-0.05, 0) is 22.9 Å². The third kappa shape index (κ3) is 5.09. The topological polar surface area (TPSA) is 85.2 Å². The summed E-state index contributed by atoms with van der Waals surface area (Å²) in [6, 6.07) is 7.26. The Morgan fingerprint density at radius 1 is 1.03 bits per heavy atom. The Balaban J connectivity index is 1.37. The van der Waals surface area contributed by atoms with Gasteiger partial charge in [-0.25, -0.2) is 4.79 Å². The van der Waals surface area contributed by atoms with Crippen LogP contribution in [0.5, 0.6) is 0 Å². The first-order chi connectivity index (χ1) is 15.6. The Kier molecular flexibility index (Phi) is 7.99. The van der Waals surface area contributed by atoms with Crippen LogP contribution in [0.4, 0.5) is 0 Å². The minimum Gasteiger partial charge on any atom is -0.453 e. The summed E-state index contributed by atoms with van der Waals surface area (Å²) in [5.74, 6) is -0.223. The lowest BCUT2D eigenvalue weighted by atomic mass is 9.83. The molecular formula is C23H32NO6S2+. The van der Waals surface area contributed by atoms with Crippen molar-refractivity contribution in [3.05, 3.63) is 44.8 Å². The third-order valence-electron chi connectivity index (χ3n) is 6.67. The quantitative estimate of drug-likeness (QED) is 0.274. The highest BCUT2D eigenvalue weighted by atomic mass is 32.1. The molecule has 0 aliphatic carbocycles. The molecule has 3 aliphatic rings. The number of nitrogens with zero attached hydrogens (tertiary/aromatic N) is 1. The molecular weight excluding hydrogens is 450 g/mol. The Labute approximate surface area is 196 Å². The molecule has 176 valence electrons. The number of carbonyl (C=O) groups excluding carboxylic acids is 1. The van der Waals surface area contributed by atoms with E-state index in [1.807, 2.05) is 22.9 Å². The number of quaternary nitrogens is 1. The molecule has 5 heterocycles. The van der Waals surface area contributed by atoms with Crippen molar-refractivity contribution < 1.29 is 33.7 Å². The van der Waals surface area contributed by atoms with Crippen molar-refractivity contribution in [2.24, 2.45) is 5.92 Å². The van der Waals surface area contributed by atoms with Crippen molar-refractivity contribution in [1.29, 1.82) is 0 Å². The van der Waals surface area contributed by atoms with Gasteiger partial charge in [-0.1, -0.05) is 12.1 Å². The summed E-state index contributed by atoms with van der Waals surface area (Å²) in [7, 11) is 0. The molecule has 2 N–H and O–H groups in total. The van der Waals surface area contributed by atoms with Gasteiger partial charge in [0.15, 0.2) is 6.10 Å². The standard InChI is InChI=1S/C23H32NO6S2/c25-10-12-29-14-13-28-11-9-24-7-5-18(6-8-24)19(17-24)30-22(26)23(27,20-3-1-15-31-20)21-4-2-16-32-21/h1-4,15-16,18-19,25,27H,5-14,17H2/q+1/t18?,19-,24?/m1/s1. The highest BCUT2D eigenvalue weighted by molar-refractivity contribution is 7.12.